The van der Waals surface area contributed by atoms with Crippen molar-refractivity contribution in [2.24, 2.45) is 0 Å². The summed E-state index contributed by atoms with van der Waals surface area (Å²) in [6.45, 7) is 5.59. The minimum absolute atomic E-state index is 0.00827. The lowest BCUT2D eigenvalue weighted by Crippen LogP contribution is -2.48. The van der Waals surface area contributed by atoms with E-state index in [9.17, 15) is 4.79 Å². The number of pyridine rings is 1. The fourth-order valence-corrected chi connectivity index (χ4v) is 2.96. The molecule has 7 heteroatoms. The van der Waals surface area contributed by atoms with Gasteiger partial charge in [0.1, 0.15) is 5.69 Å². The molecule has 2 aromatic rings. The molecule has 1 saturated carbocycles. The van der Waals surface area contributed by atoms with E-state index in [-0.39, 0.29) is 5.91 Å². The van der Waals surface area contributed by atoms with Gasteiger partial charge in [0.05, 0.1) is 6.54 Å². The number of nitrogens with zero attached hydrogens (tertiary/aromatic N) is 5. The summed E-state index contributed by atoms with van der Waals surface area (Å²) in [5, 5.41) is 4.06. The minimum Gasteiger partial charge on any atom is -0.339 e. The number of aryl methyl sites for hydroxylation is 1. The first-order valence-corrected chi connectivity index (χ1v) is 8.47. The van der Waals surface area contributed by atoms with Crippen LogP contribution in [0.2, 0.25) is 0 Å². The number of aromatic nitrogens is 3. The SMILES string of the molecule is Cc1cccc(C(=O)N2CCN(Cc3noc(C4CC4)n3)CC2)n1. The molecule has 7 nitrogen and oxygen atoms in total. The summed E-state index contributed by atoms with van der Waals surface area (Å²) in [6, 6.07) is 5.55. The summed E-state index contributed by atoms with van der Waals surface area (Å²) in [5.41, 5.74) is 1.39. The first-order chi connectivity index (χ1) is 11.7. The van der Waals surface area contributed by atoms with Crippen molar-refractivity contribution in [3.63, 3.8) is 0 Å². The van der Waals surface area contributed by atoms with Crippen molar-refractivity contribution in [1.82, 2.24) is 24.9 Å². The third kappa shape index (κ3) is 3.31. The Hall–Kier alpha value is -2.28. The molecule has 3 heterocycles. The lowest BCUT2D eigenvalue weighted by atomic mass is 10.2. The number of hydrogen-bond acceptors (Lipinski definition) is 6. The van der Waals surface area contributed by atoms with Crippen LogP contribution < -0.4 is 0 Å². The van der Waals surface area contributed by atoms with Crippen LogP contribution in [0.4, 0.5) is 0 Å². The van der Waals surface area contributed by atoms with E-state index in [4.69, 9.17) is 4.52 Å². The Morgan fingerprint density at radius 2 is 2.00 bits per heavy atom. The molecule has 1 aliphatic carbocycles. The lowest BCUT2D eigenvalue weighted by Gasteiger charge is -2.33. The predicted molar refractivity (Wildman–Crippen MR) is 86.4 cm³/mol. The Morgan fingerprint density at radius 1 is 1.21 bits per heavy atom. The zero-order chi connectivity index (χ0) is 16.5. The molecule has 0 bridgehead atoms. The van der Waals surface area contributed by atoms with Crippen molar-refractivity contribution in [2.75, 3.05) is 26.2 Å². The van der Waals surface area contributed by atoms with E-state index >= 15 is 0 Å². The molecule has 1 amide bonds. The van der Waals surface area contributed by atoms with Crippen LogP contribution in [0, 0.1) is 6.92 Å². The highest BCUT2D eigenvalue weighted by atomic mass is 16.5. The first kappa shape index (κ1) is 15.3. The van der Waals surface area contributed by atoms with E-state index in [0.29, 0.717) is 31.2 Å². The maximum atomic E-state index is 12.5. The Bertz CT molecular complexity index is 732. The van der Waals surface area contributed by atoms with Crippen molar-refractivity contribution < 1.29 is 9.32 Å². The molecule has 2 aliphatic rings. The van der Waals surface area contributed by atoms with Gasteiger partial charge in [0, 0.05) is 37.8 Å². The molecule has 2 fully saturated rings. The monoisotopic (exact) mass is 327 g/mol. The predicted octanol–water partition coefficient (Wildman–Crippen LogP) is 1.61. The topological polar surface area (TPSA) is 75.4 Å². The summed E-state index contributed by atoms with van der Waals surface area (Å²) in [4.78, 5) is 25.4. The number of piperazine rings is 1. The average molecular weight is 327 g/mol. The molecule has 0 aromatic carbocycles. The van der Waals surface area contributed by atoms with Gasteiger partial charge < -0.3 is 9.42 Å². The quantitative estimate of drug-likeness (QED) is 0.849. The molecule has 2 aromatic heterocycles. The van der Waals surface area contributed by atoms with Gasteiger partial charge in [-0.05, 0) is 31.9 Å². The maximum absolute atomic E-state index is 12.5. The number of carbonyl (C=O) groups is 1. The molecular formula is C17H21N5O2. The van der Waals surface area contributed by atoms with Gasteiger partial charge >= 0.3 is 0 Å². The van der Waals surface area contributed by atoms with Gasteiger partial charge in [0.15, 0.2) is 5.82 Å². The van der Waals surface area contributed by atoms with Crippen LogP contribution in [0.15, 0.2) is 22.7 Å². The van der Waals surface area contributed by atoms with Gasteiger partial charge in [-0.1, -0.05) is 11.2 Å². The molecular weight excluding hydrogens is 306 g/mol. The molecule has 4 rings (SSSR count). The van der Waals surface area contributed by atoms with E-state index in [1.165, 1.54) is 0 Å². The van der Waals surface area contributed by atoms with Crippen LogP contribution in [-0.4, -0.2) is 57.0 Å². The van der Waals surface area contributed by atoms with E-state index in [2.05, 4.69) is 20.0 Å². The molecule has 0 radical (unpaired) electrons. The molecule has 126 valence electrons. The molecule has 0 atom stereocenters. The van der Waals surface area contributed by atoms with Crippen LogP contribution in [0.1, 0.15) is 46.7 Å². The minimum atomic E-state index is 0.00827. The van der Waals surface area contributed by atoms with Gasteiger partial charge in [0.25, 0.3) is 5.91 Å². The molecule has 1 saturated heterocycles. The van der Waals surface area contributed by atoms with Crippen LogP contribution in [0.25, 0.3) is 0 Å². The summed E-state index contributed by atoms with van der Waals surface area (Å²) < 4.78 is 5.30. The highest BCUT2D eigenvalue weighted by Crippen LogP contribution is 2.38. The fourth-order valence-electron chi connectivity index (χ4n) is 2.96. The second-order valence-corrected chi connectivity index (χ2v) is 6.56. The van der Waals surface area contributed by atoms with Gasteiger partial charge in [-0.25, -0.2) is 4.98 Å². The van der Waals surface area contributed by atoms with Crippen LogP contribution in [0.3, 0.4) is 0 Å². The molecule has 1 aliphatic heterocycles. The van der Waals surface area contributed by atoms with Crippen molar-refractivity contribution in [3.8, 4) is 0 Å². The number of hydrogen-bond donors (Lipinski definition) is 0. The third-order valence-corrected chi connectivity index (χ3v) is 4.54. The summed E-state index contributed by atoms with van der Waals surface area (Å²) >= 11 is 0. The second kappa shape index (κ2) is 6.32. The smallest absolute Gasteiger partial charge is 0.272 e. The highest BCUT2D eigenvalue weighted by molar-refractivity contribution is 5.92. The summed E-state index contributed by atoms with van der Waals surface area (Å²) in [7, 11) is 0. The fraction of sp³-hybridized carbons (Fsp3) is 0.529. The van der Waals surface area contributed by atoms with Gasteiger partial charge in [-0.15, -0.1) is 0 Å². The van der Waals surface area contributed by atoms with Crippen molar-refractivity contribution in [1.29, 1.82) is 0 Å². The second-order valence-electron chi connectivity index (χ2n) is 6.56. The highest BCUT2D eigenvalue weighted by Gasteiger charge is 2.30. The number of amides is 1. The first-order valence-electron chi connectivity index (χ1n) is 8.47. The third-order valence-electron chi connectivity index (χ3n) is 4.54. The van der Waals surface area contributed by atoms with E-state index < -0.39 is 0 Å². The summed E-state index contributed by atoms with van der Waals surface area (Å²) in [6.07, 6.45) is 2.32. The van der Waals surface area contributed by atoms with Crippen molar-refractivity contribution >= 4 is 5.91 Å². The molecule has 0 unspecified atom stereocenters. The standard InChI is InChI=1S/C17H21N5O2/c1-12-3-2-4-14(18-12)17(23)22-9-7-21(8-10-22)11-15-19-16(24-20-15)13-5-6-13/h2-4,13H,5-11H2,1H3. The van der Waals surface area contributed by atoms with E-state index in [1.54, 1.807) is 6.07 Å². The number of rotatable bonds is 4. The molecule has 24 heavy (non-hydrogen) atoms. The van der Waals surface area contributed by atoms with Crippen LogP contribution in [0.5, 0.6) is 0 Å². The zero-order valence-electron chi connectivity index (χ0n) is 13.8. The zero-order valence-corrected chi connectivity index (χ0v) is 13.8. The van der Waals surface area contributed by atoms with Crippen LogP contribution in [-0.2, 0) is 6.54 Å². The lowest BCUT2D eigenvalue weighted by molar-refractivity contribution is 0.0618. The largest absolute Gasteiger partial charge is 0.339 e. The van der Waals surface area contributed by atoms with Crippen LogP contribution >= 0.6 is 0 Å². The van der Waals surface area contributed by atoms with Gasteiger partial charge in [-0.3, -0.25) is 9.69 Å². The maximum Gasteiger partial charge on any atom is 0.272 e. The van der Waals surface area contributed by atoms with Gasteiger partial charge in [0.2, 0.25) is 5.89 Å². The Balaban J connectivity index is 1.31. The Labute approximate surface area is 140 Å². The van der Waals surface area contributed by atoms with E-state index in [0.717, 1.165) is 43.3 Å². The normalized spacial score (nSPS) is 18.8. The van der Waals surface area contributed by atoms with Crippen molar-refractivity contribution in [3.05, 3.63) is 41.3 Å². The molecule has 0 spiro atoms. The Morgan fingerprint density at radius 3 is 2.71 bits per heavy atom. The number of carbonyl (C=O) groups excluding carboxylic acids is 1. The van der Waals surface area contributed by atoms with Crippen molar-refractivity contribution in [2.45, 2.75) is 32.2 Å². The van der Waals surface area contributed by atoms with E-state index in [1.807, 2.05) is 24.0 Å². The molecule has 0 N–H and O–H groups in total. The Kier molecular flexibility index (Phi) is 4.02. The summed E-state index contributed by atoms with van der Waals surface area (Å²) in [5.74, 6) is 2.03. The average Bonchev–Trinajstić information content (AvgIpc) is 3.35. The van der Waals surface area contributed by atoms with Gasteiger partial charge in [-0.2, -0.15) is 4.98 Å².